The molecular weight excluding hydrogens is 305 g/mol. The van der Waals surface area contributed by atoms with Crippen LogP contribution in [0.25, 0.3) is 0 Å². The Bertz CT molecular complexity index is 621. The number of sulfonamides is 1. The molecule has 1 atom stereocenters. The molecule has 2 aliphatic rings. The second-order valence-corrected chi connectivity index (χ2v) is 8.61. The fourth-order valence-corrected chi connectivity index (χ4v) is 4.40. The number of piperidine rings is 1. The molecule has 0 radical (unpaired) electrons. The highest BCUT2D eigenvalue weighted by Crippen LogP contribution is 2.43. The Balaban J connectivity index is 1.57. The van der Waals surface area contributed by atoms with E-state index in [2.05, 4.69) is 0 Å². The zero-order valence-corrected chi connectivity index (χ0v) is 13.6. The molecule has 1 spiro atoms. The minimum atomic E-state index is -3.08. The first-order valence-electron chi connectivity index (χ1n) is 7.68. The second-order valence-electron chi connectivity index (χ2n) is 6.63. The maximum Gasteiger partial charge on any atom is 0.211 e. The molecule has 2 saturated heterocycles. The van der Waals surface area contributed by atoms with Gasteiger partial charge in [0, 0.05) is 13.1 Å². The highest BCUT2D eigenvalue weighted by atomic mass is 32.2. The molecule has 22 heavy (non-hydrogen) atoms. The van der Waals surface area contributed by atoms with Crippen LogP contribution in [0.15, 0.2) is 24.3 Å². The van der Waals surface area contributed by atoms with Crippen molar-refractivity contribution in [1.29, 1.82) is 0 Å². The summed E-state index contributed by atoms with van der Waals surface area (Å²) in [6.45, 7) is 1.88. The summed E-state index contributed by atoms with van der Waals surface area (Å²) >= 11 is 0. The minimum absolute atomic E-state index is 0.117. The lowest BCUT2D eigenvalue weighted by molar-refractivity contribution is 0.0793. The van der Waals surface area contributed by atoms with E-state index in [0.717, 1.165) is 31.2 Å². The molecule has 1 aromatic carbocycles. The van der Waals surface area contributed by atoms with E-state index in [1.54, 1.807) is 16.4 Å². The Hall–Kier alpha value is -0.980. The number of hydrogen-bond acceptors (Lipinski definition) is 3. The summed E-state index contributed by atoms with van der Waals surface area (Å²) in [5, 5.41) is 0. The molecule has 0 aromatic heterocycles. The van der Waals surface area contributed by atoms with Crippen molar-refractivity contribution in [2.75, 3.05) is 26.0 Å². The summed E-state index contributed by atoms with van der Waals surface area (Å²) in [6.07, 6.45) is 4.89. The number of benzene rings is 1. The SMILES string of the molecule is CS(=O)(=O)N1CCC2(CC1)CO[C@@H](Cc1ccc(F)cc1)C2. The average Bonchev–Trinajstić information content (AvgIpc) is 2.84. The van der Waals surface area contributed by atoms with Crippen LogP contribution < -0.4 is 0 Å². The predicted octanol–water partition coefficient (Wildman–Crippen LogP) is 2.20. The zero-order valence-electron chi connectivity index (χ0n) is 12.8. The predicted molar refractivity (Wildman–Crippen MR) is 82.5 cm³/mol. The largest absolute Gasteiger partial charge is 0.377 e. The van der Waals surface area contributed by atoms with Crippen molar-refractivity contribution in [2.24, 2.45) is 5.41 Å². The van der Waals surface area contributed by atoms with Crippen LogP contribution in [0, 0.1) is 11.2 Å². The number of ether oxygens (including phenoxy) is 1. The molecule has 0 N–H and O–H groups in total. The van der Waals surface area contributed by atoms with Gasteiger partial charge < -0.3 is 4.74 Å². The quantitative estimate of drug-likeness (QED) is 0.855. The number of nitrogens with zero attached hydrogens (tertiary/aromatic N) is 1. The minimum Gasteiger partial charge on any atom is -0.377 e. The summed E-state index contributed by atoms with van der Waals surface area (Å²) < 4.78 is 43.6. The van der Waals surface area contributed by atoms with E-state index in [-0.39, 0.29) is 17.3 Å². The Morgan fingerprint density at radius 3 is 2.50 bits per heavy atom. The molecule has 2 fully saturated rings. The highest BCUT2D eigenvalue weighted by Gasteiger charge is 2.43. The van der Waals surface area contributed by atoms with Crippen LogP contribution in [0.5, 0.6) is 0 Å². The molecule has 0 amide bonds. The molecule has 2 aliphatic heterocycles. The van der Waals surface area contributed by atoms with Gasteiger partial charge in [-0.1, -0.05) is 12.1 Å². The molecule has 4 nitrogen and oxygen atoms in total. The van der Waals surface area contributed by atoms with Gasteiger partial charge in [0.1, 0.15) is 5.82 Å². The van der Waals surface area contributed by atoms with E-state index in [4.69, 9.17) is 4.74 Å². The molecule has 3 rings (SSSR count). The fourth-order valence-electron chi connectivity index (χ4n) is 3.55. The summed E-state index contributed by atoms with van der Waals surface area (Å²) in [5.74, 6) is -0.222. The molecule has 0 saturated carbocycles. The first-order valence-corrected chi connectivity index (χ1v) is 9.52. The van der Waals surface area contributed by atoms with Crippen LogP contribution >= 0.6 is 0 Å². The molecule has 0 unspecified atom stereocenters. The van der Waals surface area contributed by atoms with E-state index < -0.39 is 10.0 Å². The van der Waals surface area contributed by atoms with Crippen molar-refractivity contribution in [3.8, 4) is 0 Å². The lowest BCUT2D eigenvalue weighted by Gasteiger charge is -2.37. The van der Waals surface area contributed by atoms with Crippen molar-refractivity contribution in [3.63, 3.8) is 0 Å². The first-order chi connectivity index (χ1) is 10.4. The van der Waals surface area contributed by atoms with Gasteiger partial charge in [0.2, 0.25) is 10.0 Å². The fraction of sp³-hybridized carbons (Fsp3) is 0.625. The van der Waals surface area contributed by atoms with Gasteiger partial charge in [-0.3, -0.25) is 0 Å². The van der Waals surface area contributed by atoms with Crippen LogP contribution in [-0.2, 0) is 21.2 Å². The second kappa shape index (κ2) is 5.91. The van der Waals surface area contributed by atoms with Crippen molar-refractivity contribution in [3.05, 3.63) is 35.6 Å². The Morgan fingerprint density at radius 2 is 1.91 bits per heavy atom. The molecular formula is C16H22FNO3S. The van der Waals surface area contributed by atoms with Crippen LogP contribution in [0.2, 0.25) is 0 Å². The highest BCUT2D eigenvalue weighted by molar-refractivity contribution is 7.88. The van der Waals surface area contributed by atoms with Gasteiger partial charge in [-0.2, -0.15) is 0 Å². The molecule has 6 heteroatoms. The maximum atomic E-state index is 12.9. The van der Waals surface area contributed by atoms with Crippen LogP contribution in [0.1, 0.15) is 24.8 Å². The van der Waals surface area contributed by atoms with E-state index >= 15 is 0 Å². The van der Waals surface area contributed by atoms with Gasteiger partial charge in [-0.05, 0) is 48.8 Å². The van der Waals surface area contributed by atoms with Gasteiger partial charge in [-0.25, -0.2) is 17.1 Å². The third-order valence-electron chi connectivity index (χ3n) is 4.91. The number of hydrogen-bond donors (Lipinski definition) is 0. The normalized spacial score (nSPS) is 25.6. The summed E-state index contributed by atoms with van der Waals surface area (Å²) in [5.41, 5.74) is 1.20. The van der Waals surface area contributed by atoms with Crippen molar-refractivity contribution in [2.45, 2.75) is 31.8 Å². The Morgan fingerprint density at radius 1 is 1.27 bits per heavy atom. The molecule has 0 aliphatic carbocycles. The van der Waals surface area contributed by atoms with Crippen molar-refractivity contribution >= 4 is 10.0 Å². The third-order valence-corrected chi connectivity index (χ3v) is 6.22. The standard InChI is InChI=1S/C16H22FNO3S/c1-22(19,20)18-8-6-16(7-9-18)11-15(21-12-16)10-13-2-4-14(17)5-3-13/h2-5,15H,6-12H2,1H3/t15-/m0/s1. The van der Waals surface area contributed by atoms with Gasteiger partial charge in [-0.15, -0.1) is 0 Å². The third kappa shape index (κ3) is 3.50. The lowest BCUT2D eigenvalue weighted by atomic mass is 9.76. The van der Waals surface area contributed by atoms with Crippen LogP contribution in [0.3, 0.4) is 0 Å². The molecule has 0 bridgehead atoms. The first kappa shape index (κ1) is 15.9. The van der Waals surface area contributed by atoms with Gasteiger partial charge in [0.25, 0.3) is 0 Å². The van der Waals surface area contributed by atoms with Gasteiger partial charge in [0.05, 0.1) is 19.0 Å². The average molecular weight is 327 g/mol. The van der Waals surface area contributed by atoms with Crippen LogP contribution in [0.4, 0.5) is 4.39 Å². The maximum absolute atomic E-state index is 12.9. The smallest absolute Gasteiger partial charge is 0.211 e. The van der Waals surface area contributed by atoms with Crippen LogP contribution in [-0.4, -0.2) is 44.8 Å². The van der Waals surface area contributed by atoms with Gasteiger partial charge in [0.15, 0.2) is 0 Å². The zero-order chi connectivity index (χ0) is 15.8. The molecule has 1 aromatic rings. The topological polar surface area (TPSA) is 46.6 Å². The summed E-state index contributed by atoms with van der Waals surface area (Å²) in [6, 6.07) is 6.56. The van der Waals surface area contributed by atoms with Gasteiger partial charge >= 0.3 is 0 Å². The molecule has 122 valence electrons. The lowest BCUT2D eigenvalue weighted by Crippen LogP contribution is -2.43. The number of rotatable bonds is 3. The molecule has 2 heterocycles. The van der Waals surface area contributed by atoms with E-state index in [9.17, 15) is 12.8 Å². The monoisotopic (exact) mass is 327 g/mol. The van der Waals surface area contributed by atoms with Crippen molar-refractivity contribution in [1.82, 2.24) is 4.31 Å². The Labute approximate surface area is 131 Å². The summed E-state index contributed by atoms with van der Waals surface area (Å²) in [4.78, 5) is 0. The van der Waals surface area contributed by atoms with Crippen molar-refractivity contribution < 1.29 is 17.5 Å². The summed E-state index contributed by atoms with van der Waals surface area (Å²) in [7, 11) is -3.08. The Kier molecular flexibility index (Phi) is 4.27. The van der Waals surface area contributed by atoms with E-state index in [1.165, 1.54) is 18.4 Å². The van der Waals surface area contributed by atoms with E-state index in [1.807, 2.05) is 0 Å². The number of halogens is 1. The van der Waals surface area contributed by atoms with E-state index in [0.29, 0.717) is 19.7 Å².